The van der Waals surface area contributed by atoms with E-state index in [4.69, 9.17) is 16.3 Å². The number of ether oxygens (including phenoxy) is 1. The minimum atomic E-state index is -0.0932. The van der Waals surface area contributed by atoms with E-state index in [1.54, 1.807) is 6.20 Å². The SMILES string of the molecule is Cc1ccc(CC(=O)NCC2(c3ccc(Cl)cc3)CCOCC2)cn1. The van der Waals surface area contributed by atoms with Crippen molar-refractivity contribution in [2.45, 2.75) is 31.6 Å². The lowest BCUT2D eigenvalue weighted by molar-refractivity contribution is -0.121. The molecule has 4 nitrogen and oxygen atoms in total. The van der Waals surface area contributed by atoms with Crippen LogP contribution in [0.3, 0.4) is 0 Å². The van der Waals surface area contributed by atoms with Crippen molar-refractivity contribution in [1.29, 1.82) is 0 Å². The minimum absolute atomic E-state index is 0.0190. The van der Waals surface area contributed by atoms with Gasteiger partial charge in [0.2, 0.25) is 5.91 Å². The number of halogens is 1. The Balaban J connectivity index is 1.67. The Morgan fingerprint density at radius 1 is 1.20 bits per heavy atom. The molecule has 0 bridgehead atoms. The van der Waals surface area contributed by atoms with E-state index in [0.29, 0.717) is 26.2 Å². The molecule has 2 aromatic rings. The highest BCUT2D eigenvalue weighted by Crippen LogP contribution is 2.34. The molecule has 5 heteroatoms. The van der Waals surface area contributed by atoms with Crippen LogP contribution in [-0.2, 0) is 21.4 Å². The molecule has 1 aliphatic rings. The number of nitrogens with one attached hydrogen (secondary N) is 1. The van der Waals surface area contributed by atoms with Crippen LogP contribution in [0.4, 0.5) is 0 Å². The monoisotopic (exact) mass is 358 g/mol. The van der Waals surface area contributed by atoms with Crippen LogP contribution < -0.4 is 5.32 Å². The first kappa shape index (κ1) is 17.9. The van der Waals surface area contributed by atoms with Gasteiger partial charge in [0, 0.05) is 42.1 Å². The van der Waals surface area contributed by atoms with Crippen molar-refractivity contribution >= 4 is 17.5 Å². The Morgan fingerprint density at radius 2 is 1.92 bits per heavy atom. The highest BCUT2D eigenvalue weighted by Gasteiger charge is 2.34. The zero-order chi connectivity index (χ0) is 17.7. The second-order valence-corrected chi connectivity index (χ2v) is 7.10. The van der Waals surface area contributed by atoms with Crippen LogP contribution in [0.1, 0.15) is 29.7 Å². The highest BCUT2D eigenvalue weighted by atomic mass is 35.5. The largest absolute Gasteiger partial charge is 0.381 e. The number of carbonyl (C=O) groups excluding carboxylic acids is 1. The van der Waals surface area contributed by atoms with Gasteiger partial charge in [0.05, 0.1) is 6.42 Å². The average molecular weight is 359 g/mol. The molecule has 1 aliphatic heterocycles. The Labute approximate surface area is 153 Å². The zero-order valence-electron chi connectivity index (χ0n) is 14.4. The molecule has 0 spiro atoms. The van der Waals surface area contributed by atoms with Gasteiger partial charge in [-0.15, -0.1) is 0 Å². The van der Waals surface area contributed by atoms with Gasteiger partial charge in [-0.3, -0.25) is 9.78 Å². The van der Waals surface area contributed by atoms with Crippen molar-refractivity contribution in [2.24, 2.45) is 0 Å². The van der Waals surface area contributed by atoms with Gasteiger partial charge in [0.25, 0.3) is 0 Å². The number of pyridine rings is 1. The maximum atomic E-state index is 12.4. The van der Waals surface area contributed by atoms with Gasteiger partial charge in [-0.25, -0.2) is 0 Å². The van der Waals surface area contributed by atoms with Crippen molar-refractivity contribution < 1.29 is 9.53 Å². The first-order valence-electron chi connectivity index (χ1n) is 8.59. The van der Waals surface area contributed by atoms with E-state index in [1.165, 1.54) is 5.56 Å². The highest BCUT2D eigenvalue weighted by molar-refractivity contribution is 6.30. The molecule has 1 amide bonds. The summed E-state index contributed by atoms with van der Waals surface area (Å²) in [6.45, 7) is 3.96. The summed E-state index contributed by atoms with van der Waals surface area (Å²) in [6, 6.07) is 11.8. The van der Waals surface area contributed by atoms with Gasteiger partial charge < -0.3 is 10.1 Å². The first-order chi connectivity index (χ1) is 12.1. The van der Waals surface area contributed by atoms with Crippen LogP contribution in [-0.4, -0.2) is 30.6 Å². The van der Waals surface area contributed by atoms with Crippen LogP contribution in [0.5, 0.6) is 0 Å². The van der Waals surface area contributed by atoms with Gasteiger partial charge in [0.15, 0.2) is 0 Å². The van der Waals surface area contributed by atoms with Crippen LogP contribution in [0, 0.1) is 6.92 Å². The lowest BCUT2D eigenvalue weighted by Gasteiger charge is -2.38. The molecule has 1 aromatic carbocycles. The Bertz CT molecular complexity index is 707. The van der Waals surface area contributed by atoms with Crippen molar-refractivity contribution in [1.82, 2.24) is 10.3 Å². The standard InChI is InChI=1S/C20H23ClN2O2/c1-15-2-3-16(13-22-15)12-19(24)23-14-20(8-10-25-11-9-20)17-4-6-18(21)7-5-17/h2-7,13H,8-12,14H2,1H3,(H,23,24). The fourth-order valence-corrected chi connectivity index (χ4v) is 3.38. The zero-order valence-corrected chi connectivity index (χ0v) is 15.2. The number of hydrogen-bond donors (Lipinski definition) is 1. The molecule has 0 unspecified atom stereocenters. The molecule has 1 saturated heterocycles. The molecule has 2 heterocycles. The lowest BCUT2D eigenvalue weighted by atomic mass is 9.74. The van der Waals surface area contributed by atoms with E-state index in [1.807, 2.05) is 31.2 Å². The van der Waals surface area contributed by atoms with Crippen molar-refractivity contribution in [3.63, 3.8) is 0 Å². The number of amides is 1. The van der Waals surface area contributed by atoms with Crippen molar-refractivity contribution in [2.75, 3.05) is 19.8 Å². The molecule has 0 atom stereocenters. The number of nitrogens with zero attached hydrogens (tertiary/aromatic N) is 1. The molecule has 1 aromatic heterocycles. The number of aryl methyl sites for hydroxylation is 1. The second-order valence-electron chi connectivity index (χ2n) is 6.66. The summed E-state index contributed by atoms with van der Waals surface area (Å²) in [7, 11) is 0. The average Bonchev–Trinajstić information content (AvgIpc) is 2.63. The molecular weight excluding hydrogens is 336 g/mol. The van der Waals surface area contributed by atoms with E-state index in [9.17, 15) is 4.79 Å². The molecule has 1 N–H and O–H groups in total. The summed E-state index contributed by atoms with van der Waals surface area (Å²) in [5.74, 6) is 0.0190. The molecule has 3 rings (SSSR count). The summed E-state index contributed by atoms with van der Waals surface area (Å²) in [4.78, 5) is 16.6. The van der Waals surface area contributed by atoms with E-state index >= 15 is 0 Å². The number of benzene rings is 1. The number of hydrogen-bond acceptors (Lipinski definition) is 3. The normalized spacial score (nSPS) is 16.4. The van der Waals surface area contributed by atoms with E-state index in [2.05, 4.69) is 22.4 Å². The van der Waals surface area contributed by atoms with E-state index < -0.39 is 0 Å². The summed E-state index contributed by atoms with van der Waals surface area (Å²) in [5, 5.41) is 3.84. The lowest BCUT2D eigenvalue weighted by Crippen LogP contribution is -2.45. The van der Waals surface area contributed by atoms with Crippen LogP contribution in [0.25, 0.3) is 0 Å². The van der Waals surface area contributed by atoms with Gasteiger partial charge >= 0.3 is 0 Å². The van der Waals surface area contributed by atoms with Gasteiger partial charge in [-0.2, -0.15) is 0 Å². The predicted molar refractivity (Wildman–Crippen MR) is 98.9 cm³/mol. The second kappa shape index (κ2) is 7.98. The topological polar surface area (TPSA) is 51.2 Å². The van der Waals surface area contributed by atoms with Crippen LogP contribution in [0.15, 0.2) is 42.6 Å². The predicted octanol–water partition coefficient (Wildman–Crippen LogP) is 3.45. The minimum Gasteiger partial charge on any atom is -0.381 e. The smallest absolute Gasteiger partial charge is 0.224 e. The molecule has 0 aliphatic carbocycles. The Hall–Kier alpha value is -1.91. The summed E-state index contributed by atoms with van der Waals surface area (Å²) in [6.07, 6.45) is 3.89. The molecule has 132 valence electrons. The maximum absolute atomic E-state index is 12.4. The van der Waals surface area contributed by atoms with Crippen molar-refractivity contribution in [3.8, 4) is 0 Å². The third-order valence-electron chi connectivity index (χ3n) is 4.87. The first-order valence-corrected chi connectivity index (χ1v) is 8.97. The fourth-order valence-electron chi connectivity index (χ4n) is 3.25. The Kier molecular flexibility index (Phi) is 5.71. The quantitative estimate of drug-likeness (QED) is 0.890. The summed E-state index contributed by atoms with van der Waals surface area (Å²) in [5.41, 5.74) is 2.99. The number of carbonyl (C=O) groups is 1. The summed E-state index contributed by atoms with van der Waals surface area (Å²) < 4.78 is 5.54. The van der Waals surface area contributed by atoms with Gasteiger partial charge in [0.1, 0.15) is 0 Å². The molecule has 0 radical (unpaired) electrons. The van der Waals surface area contributed by atoms with Gasteiger partial charge in [-0.1, -0.05) is 29.8 Å². The molecule has 0 saturated carbocycles. The van der Waals surface area contributed by atoms with Crippen molar-refractivity contribution in [3.05, 3.63) is 64.4 Å². The molecular formula is C20H23ClN2O2. The van der Waals surface area contributed by atoms with E-state index in [0.717, 1.165) is 29.1 Å². The third kappa shape index (κ3) is 4.59. The van der Waals surface area contributed by atoms with Gasteiger partial charge in [-0.05, 0) is 49.1 Å². The van der Waals surface area contributed by atoms with E-state index in [-0.39, 0.29) is 11.3 Å². The third-order valence-corrected chi connectivity index (χ3v) is 5.12. The fraction of sp³-hybridized carbons (Fsp3) is 0.400. The molecule has 25 heavy (non-hydrogen) atoms. The summed E-state index contributed by atoms with van der Waals surface area (Å²) >= 11 is 6.02. The molecule has 1 fully saturated rings. The maximum Gasteiger partial charge on any atom is 0.224 e. The van der Waals surface area contributed by atoms with Crippen LogP contribution >= 0.6 is 11.6 Å². The number of rotatable bonds is 5. The Morgan fingerprint density at radius 3 is 2.56 bits per heavy atom. The number of aromatic nitrogens is 1. The van der Waals surface area contributed by atoms with Crippen LogP contribution in [0.2, 0.25) is 5.02 Å².